The molecule has 0 spiro atoms. The predicted octanol–water partition coefficient (Wildman–Crippen LogP) is 9.41. The Balaban J connectivity index is 5.82. The molecule has 0 aromatic rings. The fourth-order valence-corrected chi connectivity index (χ4v) is 15.4. The molecule has 1 nitrogen and oxygen atoms in total. The molecule has 0 aliphatic carbocycles. The lowest BCUT2D eigenvalue weighted by Gasteiger charge is -2.54. The van der Waals surface area contributed by atoms with E-state index >= 15 is 0 Å². The minimum Gasteiger partial charge on any atom is -0.455 e. The van der Waals surface area contributed by atoms with Crippen molar-refractivity contribution >= 4 is 16.6 Å². The third-order valence-corrected chi connectivity index (χ3v) is 19.6. The van der Waals surface area contributed by atoms with Crippen LogP contribution in [-0.4, -0.2) is 16.6 Å². The first kappa shape index (κ1) is 27.4. The molecule has 0 aromatic carbocycles. The van der Waals surface area contributed by atoms with Gasteiger partial charge in [-0.3, -0.25) is 0 Å². The SMILES string of the molecule is CCC(C)(C)CC(C)(CC)[Si](C)(C)O[Si](C)(C)C(C)(CC)CC(C)(C)CC. The molecular formula is C24H54OSi2. The van der Waals surface area contributed by atoms with Crippen molar-refractivity contribution in [3.63, 3.8) is 0 Å². The molecule has 0 radical (unpaired) electrons. The molecule has 0 bridgehead atoms. The van der Waals surface area contributed by atoms with Crippen molar-refractivity contribution in [2.75, 3.05) is 0 Å². The van der Waals surface area contributed by atoms with Gasteiger partial charge in [0.15, 0.2) is 16.6 Å². The summed E-state index contributed by atoms with van der Waals surface area (Å²) in [5, 5.41) is 0.650. The summed E-state index contributed by atoms with van der Waals surface area (Å²) in [4.78, 5) is 0. The fourth-order valence-electron chi connectivity index (χ4n) is 4.77. The van der Waals surface area contributed by atoms with Gasteiger partial charge >= 0.3 is 0 Å². The molecule has 0 fully saturated rings. The first-order valence-corrected chi connectivity index (χ1v) is 17.4. The zero-order valence-corrected chi connectivity index (χ0v) is 23.7. The molecular weight excluding hydrogens is 360 g/mol. The summed E-state index contributed by atoms with van der Waals surface area (Å²) < 4.78 is 7.40. The minimum absolute atomic E-state index is 0.325. The average molecular weight is 415 g/mol. The quantitative estimate of drug-likeness (QED) is 0.289. The summed E-state index contributed by atoms with van der Waals surface area (Å²) in [5.74, 6) is 0. The Labute approximate surface area is 175 Å². The first-order chi connectivity index (χ1) is 11.9. The minimum atomic E-state index is -1.87. The van der Waals surface area contributed by atoms with Crippen LogP contribution in [0.2, 0.25) is 36.3 Å². The summed E-state index contributed by atoms with van der Waals surface area (Å²) in [7, 11) is -3.74. The van der Waals surface area contributed by atoms with Crippen molar-refractivity contribution in [3.8, 4) is 0 Å². The van der Waals surface area contributed by atoms with Crippen LogP contribution >= 0.6 is 0 Å². The Kier molecular flexibility index (Phi) is 9.17. The maximum atomic E-state index is 7.40. The van der Waals surface area contributed by atoms with Gasteiger partial charge in [-0.15, -0.1) is 0 Å². The van der Waals surface area contributed by atoms with E-state index in [9.17, 15) is 0 Å². The monoisotopic (exact) mass is 414 g/mol. The van der Waals surface area contributed by atoms with Gasteiger partial charge in [-0.05, 0) is 59.9 Å². The molecule has 0 aliphatic heterocycles. The molecule has 0 saturated heterocycles. The van der Waals surface area contributed by atoms with Crippen LogP contribution in [0.15, 0.2) is 0 Å². The van der Waals surface area contributed by atoms with E-state index in [1.807, 2.05) is 0 Å². The molecule has 0 aromatic heterocycles. The molecule has 2 atom stereocenters. The van der Waals surface area contributed by atoms with Crippen LogP contribution in [0, 0.1) is 10.8 Å². The standard InChI is InChI=1S/C24H54OSi2/c1-15-21(5,6)19-23(9,17-3)26(11,12)25-27(13,14)24(10,18-4)20-22(7,8)16-2/h15-20H2,1-14H3. The Hall–Kier alpha value is 0.394. The largest absolute Gasteiger partial charge is 0.455 e. The van der Waals surface area contributed by atoms with Crippen LogP contribution in [-0.2, 0) is 4.12 Å². The molecule has 164 valence electrons. The van der Waals surface area contributed by atoms with E-state index in [0.29, 0.717) is 20.9 Å². The summed E-state index contributed by atoms with van der Waals surface area (Å²) in [5.41, 5.74) is 0.782. The summed E-state index contributed by atoms with van der Waals surface area (Å²) in [6.45, 7) is 34.3. The highest BCUT2D eigenvalue weighted by Crippen LogP contribution is 2.56. The molecule has 0 rings (SSSR count). The van der Waals surface area contributed by atoms with Gasteiger partial charge in [0.05, 0.1) is 0 Å². The molecule has 0 saturated carbocycles. The van der Waals surface area contributed by atoms with Crippen LogP contribution < -0.4 is 0 Å². The topological polar surface area (TPSA) is 9.23 Å². The second-order valence-electron chi connectivity index (χ2n) is 12.3. The highest BCUT2D eigenvalue weighted by atomic mass is 28.4. The average Bonchev–Trinajstić information content (AvgIpc) is 2.52. The Morgan fingerprint density at radius 3 is 0.963 bits per heavy atom. The molecule has 0 aliphatic rings. The van der Waals surface area contributed by atoms with E-state index in [-0.39, 0.29) is 0 Å². The third kappa shape index (κ3) is 6.71. The van der Waals surface area contributed by atoms with Crippen molar-refractivity contribution < 1.29 is 4.12 Å². The van der Waals surface area contributed by atoms with Gasteiger partial charge in [0.25, 0.3) is 0 Å². The van der Waals surface area contributed by atoms with E-state index in [0.717, 1.165) is 0 Å². The fraction of sp³-hybridized carbons (Fsp3) is 1.00. The normalized spacial score (nSPS) is 18.9. The van der Waals surface area contributed by atoms with Gasteiger partial charge in [0.1, 0.15) is 0 Å². The molecule has 3 heteroatoms. The van der Waals surface area contributed by atoms with Crippen molar-refractivity contribution in [2.45, 2.75) is 144 Å². The van der Waals surface area contributed by atoms with Crippen LogP contribution in [0.25, 0.3) is 0 Å². The van der Waals surface area contributed by atoms with Crippen LogP contribution in [0.3, 0.4) is 0 Å². The van der Waals surface area contributed by atoms with Crippen LogP contribution in [0.1, 0.15) is 108 Å². The molecule has 27 heavy (non-hydrogen) atoms. The van der Waals surface area contributed by atoms with Gasteiger partial charge in [-0.2, -0.15) is 0 Å². The lowest BCUT2D eigenvalue weighted by atomic mass is 9.80. The van der Waals surface area contributed by atoms with Crippen molar-refractivity contribution in [2.24, 2.45) is 10.8 Å². The summed E-state index contributed by atoms with van der Waals surface area (Å²) in [6.07, 6.45) is 7.49. The summed E-state index contributed by atoms with van der Waals surface area (Å²) in [6, 6.07) is 0. The molecule has 0 N–H and O–H groups in total. The second-order valence-corrected chi connectivity index (χ2v) is 21.6. The van der Waals surface area contributed by atoms with Gasteiger partial charge < -0.3 is 4.12 Å². The van der Waals surface area contributed by atoms with Crippen LogP contribution in [0.5, 0.6) is 0 Å². The Morgan fingerprint density at radius 1 is 0.519 bits per heavy atom. The van der Waals surface area contributed by atoms with Gasteiger partial charge in [-0.1, -0.05) is 94.9 Å². The van der Waals surface area contributed by atoms with E-state index in [2.05, 4.69) is 95.4 Å². The zero-order chi connectivity index (χ0) is 21.9. The lowest BCUT2D eigenvalue weighted by molar-refractivity contribution is 0.238. The Bertz CT molecular complexity index is 425. The highest BCUT2D eigenvalue weighted by molar-refractivity contribution is 6.87. The maximum Gasteiger partial charge on any atom is 0.179 e. The third-order valence-electron chi connectivity index (χ3n) is 8.63. The van der Waals surface area contributed by atoms with Crippen molar-refractivity contribution in [1.82, 2.24) is 0 Å². The lowest BCUT2D eigenvalue weighted by Crippen LogP contribution is -2.57. The molecule has 0 amide bonds. The van der Waals surface area contributed by atoms with E-state index < -0.39 is 16.6 Å². The predicted molar refractivity (Wildman–Crippen MR) is 131 cm³/mol. The number of hydrogen-bond donors (Lipinski definition) is 0. The highest BCUT2D eigenvalue weighted by Gasteiger charge is 2.53. The maximum absolute atomic E-state index is 7.40. The molecule has 2 unspecified atom stereocenters. The van der Waals surface area contributed by atoms with E-state index in [1.54, 1.807) is 0 Å². The van der Waals surface area contributed by atoms with Gasteiger partial charge in [-0.25, -0.2) is 0 Å². The van der Waals surface area contributed by atoms with Gasteiger partial charge in [0.2, 0.25) is 0 Å². The number of rotatable bonds is 12. The first-order valence-electron chi connectivity index (χ1n) is 11.6. The Morgan fingerprint density at radius 2 is 0.778 bits per heavy atom. The number of hydrogen-bond acceptors (Lipinski definition) is 1. The molecule has 0 heterocycles. The summed E-state index contributed by atoms with van der Waals surface area (Å²) >= 11 is 0. The smallest absolute Gasteiger partial charge is 0.179 e. The van der Waals surface area contributed by atoms with E-state index in [1.165, 1.54) is 38.5 Å². The second kappa shape index (κ2) is 9.04. The van der Waals surface area contributed by atoms with Gasteiger partial charge in [0, 0.05) is 0 Å². The van der Waals surface area contributed by atoms with Crippen molar-refractivity contribution in [1.29, 1.82) is 0 Å². The zero-order valence-electron chi connectivity index (χ0n) is 21.7. The van der Waals surface area contributed by atoms with Crippen molar-refractivity contribution in [3.05, 3.63) is 0 Å². The van der Waals surface area contributed by atoms with E-state index in [4.69, 9.17) is 4.12 Å². The van der Waals surface area contributed by atoms with Crippen LogP contribution in [0.4, 0.5) is 0 Å².